The molecule has 2 heterocycles. The van der Waals surface area contributed by atoms with Gasteiger partial charge in [0.15, 0.2) is 5.82 Å². The van der Waals surface area contributed by atoms with Crippen molar-refractivity contribution in [2.75, 3.05) is 31.1 Å². The largest absolute Gasteiger partial charge is 0.352 e. The first kappa shape index (κ1) is 12.8. The van der Waals surface area contributed by atoms with Crippen LogP contribution in [0.2, 0.25) is 0 Å². The fourth-order valence-corrected chi connectivity index (χ4v) is 2.01. The molecule has 6 heteroatoms. The lowest BCUT2D eigenvalue weighted by Gasteiger charge is -2.37. The van der Waals surface area contributed by atoms with Crippen LogP contribution in [0.1, 0.15) is 13.8 Å². The summed E-state index contributed by atoms with van der Waals surface area (Å²) in [5.74, 6) is 0.859. The molecule has 1 aliphatic heterocycles. The Kier molecular flexibility index (Phi) is 3.47. The topological polar surface area (TPSA) is 75.4 Å². The molecule has 0 atom stereocenters. The van der Waals surface area contributed by atoms with Crippen LogP contribution in [-0.2, 0) is 4.79 Å². The molecule has 0 bridgehead atoms. The van der Waals surface area contributed by atoms with Gasteiger partial charge in [0.05, 0.1) is 5.54 Å². The number of nitrogens with two attached hydrogens (primary N) is 1. The molecular formula is C12H19N5O. The number of rotatable bonds is 2. The van der Waals surface area contributed by atoms with Crippen LogP contribution in [0.25, 0.3) is 0 Å². The van der Waals surface area contributed by atoms with Gasteiger partial charge in [0.25, 0.3) is 0 Å². The standard InChI is InChI=1S/C12H19N5O/c1-12(2,13)11(18)17-8-6-16(7-9-17)10-4-3-5-14-15-10/h3-5H,6-9,13H2,1-2H3. The number of piperazine rings is 1. The molecule has 1 aliphatic rings. The minimum Gasteiger partial charge on any atom is -0.352 e. The lowest BCUT2D eigenvalue weighted by molar-refractivity contribution is -0.136. The van der Waals surface area contributed by atoms with Gasteiger partial charge < -0.3 is 15.5 Å². The highest BCUT2D eigenvalue weighted by Gasteiger charge is 2.30. The van der Waals surface area contributed by atoms with Crippen LogP contribution in [-0.4, -0.2) is 52.7 Å². The number of hydrogen-bond donors (Lipinski definition) is 1. The molecule has 0 unspecified atom stereocenters. The first-order chi connectivity index (χ1) is 8.48. The van der Waals surface area contributed by atoms with E-state index in [1.54, 1.807) is 20.0 Å². The second kappa shape index (κ2) is 4.89. The van der Waals surface area contributed by atoms with Crippen molar-refractivity contribution in [3.05, 3.63) is 18.3 Å². The van der Waals surface area contributed by atoms with Crippen LogP contribution in [0.4, 0.5) is 5.82 Å². The van der Waals surface area contributed by atoms with Crippen LogP contribution >= 0.6 is 0 Å². The van der Waals surface area contributed by atoms with E-state index in [0.29, 0.717) is 13.1 Å². The Balaban J connectivity index is 1.95. The molecule has 0 aromatic carbocycles. The zero-order valence-electron chi connectivity index (χ0n) is 10.8. The number of carbonyl (C=O) groups is 1. The number of amides is 1. The molecule has 0 radical (unpaired) electrons. The van der Waals surface area contributed by atoms with Gasteiger partial charge in [-0.15, -0.1) is 5.10 Å². The molecule has 1 aromatic heterocycles. The molecule has 0 saturated carbocycles. The SMILES string of the molecule is CC(C)(N)C(=O)N1CCN(c2cccnn2)CC1. The predicted octanol–water partition coefficient (Wildman–Crippen LogP) is -0.137. The predicted molar refractivity (Wildman–Crippen MR) is 69.1 cm³/mol. The van der Waals surface area contributed by atoms with E-state index in [2.05, 4.69) is 15.1 Å². The fraction of sp³-hybridized carbons (Fsp3) is 0.583. The van der Waals surface area contributed by atoms with Crippen molar-refractivity contribution < 1.29 is 4.79 Å². The molecule has 1 aromatic rings. The third-order valence-corrected chi connectivity index (χ3v) is 3.00. The Bertz CT molecular complexity index is 406. The van der Waals surface area contributed by atoms with E-state index in [4.69, 9.17) is 5.73 Å². The van der Waals surface area contributed by atoms with E-state index in [1.165, 1.54) is 0 Å². The van der Waals surface area contributed by atoms with Crippen LogP contribution < -0.4 is 10.6 Å². The minimum absolute atomic E-state index is 0.00120. The minimum atomic E-state index is -0.797. The van der Waals surface area contributed by atoms with Gasteiger partial charge in [-0.1, -0.05) is 0 Å². The molecule has 1 fully saturated rings. The van der Waals surface area contributed by atoms with Crippen molar-refractivity contribution in [1.29, 1.82) is 0 Å². The number of carbonyl (C=O) groups excluding carboxylic acids is 1. The maximum absolute atomic E-state index is 12.0. The van der Waals surface area contributed by atoms with Crippen LogP contribution in [0.3, 0.4) is 0 Å². The van der Waals surface area contributed by atoms with Crippen molar-refractivity contribution in [2.45, 2.75) is 19.4 Å². The summed E-state index contributed by atoms with van der Waals surface area (Å²) in [6.07, 6.45) is 1.65. The number of hydrogen-bond acceptors (Lipinski definition) is 5. The molecule has 1 saturated heterocycles. The molecule has 2 rings (SSSR count). The molecule has 0 aliphatic carbocycles. The monoisotopic (exact) mass is 249 g/mol. The average Bonchev–Trinajstić information content (AvgIpc) is 2.38. The second-order valence-electron chi connectivity index (χ2n) is 5.08. The fourth-order valence-electron chi connectivity index (χ4n) is 2.01. The van der Waals surface area contributed by atoms with E-state index >= 15 is 0 Å². The Morgan fingerprint density at radius 2 is 2.00 bits per heavy atom. The average molecular weight is 249 g/mol. The maximum atomic E-state index is 12.0. The first-order valence-electron chi connectivity index (χ1n) is 6.09. The van der Waals surface area contributed by atoms with Gasteiger partial charge in [-0.2, -0.15) is 5.10 Å². The second-order valence-corrected chi connectivity index (χ2v) is 5.08. The normalized spacial score (nSPS) is 16.8. The Labute approximate surface area is 107 Å². The maximum Gasteiger partial charge on any atom is 0.242 e. The lowest BCUT2D eigenvalue weighted by Crippen LogP contribution is -2.57. The highest BCUT2D eigenvalue weighted by molar-refractivity contribution is 5.85. The third-order valence-electron chi connectivity index (χ3n) is 3.00. The van der Waals surface area contributed by atoms with Crippen molar-refractivity contribution in [3.8, 4) is 0 Å². The first-order valence-corrected chi connectivity index (χ1v) is 6.09. The van der Waals surface area contributed by atoms with E-state index in [-0.39, 0.29) is 5.91 Å². The van der Waals surface area contributed by atoms with Crippen LogP contribution in [0, 0.1) is 0 Å². The quantitative estimate of drug-likeness (QED) is 0.789. The summed E-state index contributed by atoms with van der Waals surface area (Å²) in [5.41, 5.74) is 5.03. The van der Waals surface area contributed by atoms with Gasteiger partial charge in [0.2, 0.25) is 5.91 Å². The smallest absolute Gasteiger partial charge is 0.242 e. The molecule has 6 nitrogen and oxygen atoms in total. The molecule has 1 amide bonds. The van der Waals surface area contributed by atoms with E-state index < -0.39 is 5.54 Å². The zero-order valence-corrected chi connectivity index (χ0v) is 10.8. The number of anilines is 1. The van der Waals surface area contributed by atoms with Crippen molar-refractivity contribution in [2.24, 2.45) is 5.73 Å². The molecule has 18 heavy (non-hydrogen) atoms. The number of nitrogens with zero attached hydrogens (tertiary/aromatic N) is 4. The third kappa shape index (κ3) is 2.76. The molecule has 98 valence electrons. The summed E-state index contributed by atoms with van der Waals surface area (Å²) in [6.45, 7) is 6.36. The van der Waals surface area contributed by atoms with Crippen molar-refractivity contribution in [1.82, 2.24) is 15.1 Å². The summed E-state index contributed by atoms with van der Waals surface area (Å²) >= 11 is 0. The van der Waals surface area contributed by atoms with Crippen molar-refractivity contribution >= 4 is 11.7 Å². The van der Waals surface area contributed by atoms with E-state index in [9.17, 15) is 4.79 Å². The van der Waals surface area contributed by atoms with E-state index in [1.807, 2.05) is 17.0 Å². The van der Waals surface area contributed by atoms with Gasteiger partial charge >= 0.3 is 0 Å². The Hall–Kier alpha value is -1.69. The summed E-state index contributed by atoms with van der Waals surface area (Å²) in [6, 6.07) is 3.79. The molecule has 2 N–H and O–H groups in total. The van der Waals surface area contributed by atoms with Gasteiger partial charge in [-0.25, -0.2) is 0 Å². The summed E-state index contributed by atoms with van der Waals surface area (Å²) in [4.78, 5) is 16.0. The Morgan fingerprint density at radius 3 is 2.50 bits per heavy atom. The Morgan fingerprint density at radius 1 is 1.33 bits per heavy atom. The van der Waals surface area contributed by atoms with Gasteiger partial charge in [-0.3, -0.25) is 4.79 Å². The van der Waals surface area contributed by atoms with Gasteiger partial charge in [-0.05, 0) is 26.0 Å². The van der Waals surface area contributed by atoms with Gasteiger partial charge in [0.1, 0.15) is 0 Å². The summed E-state index contributed by atoms with van der Waals surface area (Å²) in [7, 11) is 0. The molecular weight excluding hydrogens is 230 g/mol. The zero-order chi connectivity index (χ0) is 13.2. The van der Waals surface area contributed by atoms with Gasteiger partial charge in [0, 0.05) is 32.4 Å². The molecule has 0 spiro atoms. The van der Waals surface area contributed by atoms with Crippen LogP contribution in [0.5, 0.6) is 0 Å². The highest BCUT2D eigenvalue weighted by atomic mass is 16.2. The number of aromatic nitrogens is 2. The summed E-state index contributed by atoms with van der Waals surface area (Å²) < 4.78 is 0. The van der Waals surface area contributed by atoms with E-state index in [0.717, 1.165) is 18.9 Å². The van der Waals surface area contributed by atoms with Crippen LogP contribution in [0.15, 0.2) is 18.3 Å². The lowest BCUT2D eigenvalue weighted by atomic mass is 10.0. The summed E-state index contributed by atoms with van der Waals surface area (Å²) in [5, 5.41) is 7.93. The highest BCUT2D eigenvalue weighted by Crippen LogP contribution is 2.13. The van der Waals surface area contributed by atoms with Crippen molar-refractivity contribution in [3.63, 3.8) is 0 Å².